The molecule has 0 bridgehead atoms. The quantitative estimate of drug-likeness (QED) is 0.550. The number of ketones is 1. The van der Waals surface area contributed by atoms with Gasteiger partial charge >= 0.3 is 0 Å². The first-order valence-corrected chi connectivity index (χ1v) is 15.5. The fourth-order valence-corrected chi connectivity index (χ4v) is 10.3. The van der Waals surface area contributed by atoms with Crippen molar-refractivity contribution >= 4 is 28.7 Å². The van der Waals surface area contributed by atoms with Crippen LogP contribution in [0.3, 0.4) is 0 Å². The summed E-state index contributed by atoms with van der Waals surface area (Å²) in [5.41, 5.74) is 1.45. The molecule has 2 aromatic rings. The van der Waals surface area contributed by atoms with Gasteiger partial charge < -0.3 is 5.11 Å². The van der Waals surface area contributed by atoms with Gasteiger partial charge in [0.25, 0.3) is 0 Å². The van der Waals surface area contributed by atoms with Crippen molar-refractivity contribution < 1.29 is 9.90 Å². The number of nitrogens with zero attached hydrogens (tertiary/aromatic N) is 4. The lowest BCUT2D eigenvalue weighted by atomic mass is 9.42. The maximum atomic E-state index is 13.7. The minimum atomic E-state index is -0.491. The second-order valence-electron chi connectivity index (χ2n) is 13.1. The van der Waals surface area contributed by atoms with E-state index in [1.54, 1.807) is 10.9 Å². The van der Waals surface area contributed by atoms with E-state index in [9.17, 15) is 9.90 Å². The monoisotopic (exact) mass is 510 g/mol. The maximum absolute atomic E-state index is 13.7. The highest BCUT2D eigenvalue weighted by Gasteiger charge is 2.62. The largest absolute Gasteiger partial charge is 0.390 e. The summed E-state index contributed by atoms with van der Waals surface area (Å²) in [6, 6.07) is 3.76. The molecule has 0 unspecified atom stereocenters. The van der Waals surface area contributed by atoms with Crippen molar-refractivity contribution in [1.82, 2.24) is 20.0 Å². The molecule has 8 atom stereocenters. The molecule has 0 aliphatic heterocycles. The molecule has 196 valence electrons. The van der Waals surface area contributed by atoms with Crippen LogP contribution >= 0.6 is 11.8 Å². The first kappa shape index (κ1) is 24.8. The van der Waals surface area contributed by atoms with E-state index in [-0.39, 0.29) is 17.9 Å². The summed E-state index contributed by atoms with van der Waals surface area (Å²) < 4.78 is 1.70. The zero-order chi connectivity index (χ0) is 25.1. The molecule has 0 saturated heterocycles. The van der Waals surface area contributed by atoms with Gasteiger partial charge in [-0.1, -0.05) is 12.1 Å². The number of hydrogen-bond acceptors (Lipinski definition) is 6. The second kappa shape index (κ2) is 9.07. The molecule has 0 radical (unpaired) electrons. The second-order valence-corrected chi connectivity index (χ2v) is 14.0. The number of rotatable bonds is 6. The Morgan fingerprint density at radius 3 is 2.83 bits per heavy atom. The molecule has 0 amide bonds. The third kappa shape index (κ3) is 3.86. The Bertz CT molecular complexity index is 1130. The smallest absolute Gasteiger partial charge is 0.178 e. The van der Waals surface area contributed by atoms with Crippen LogP contribution in [-0.2, 0) is 11.3 Å². The van der Waals surface area contributed by atoms with E-state index in [1.165, 1.54) is 44.3 Å². The van der Waals surface area contributed by atoms with E-state index in [0.29, 0.717) is 28.7 Å². The lowest BCUT2D eigenvalue weighted by Crippen LogP contribution is -2.57. The topological polar surface area (TPSA) is 80.9 Å². The van der Waals surface area contributed by atoms with Gasteiger partial charge in [-0.25, -0.2) is 9.67 Å². The predicted octanol–water partition coefficient (Wildman–Crippen LogP) is 5.54. The molecule has 4 saturated carbocycles. The van der Waals surface area contributed by atoms with Crippen molar-refractivity contribution in [3.05, 3.63) is 18.3 Å². The molecule has 6 nitrogen and oxygen atoms in total. The Morgan fingerprint density at radius 1 is 1.14 bits per heavy atom. The van der Waals surface area contributed by atoms with Crippen LogP contribution in [0.5, 0.6) is 0 Å². The van der Waals surface area contributed by atoms with Gasteiger partial charge in [0.15, 0.2) is 11.4 Å². The Hall–Kier alpha value is -1.47. The standard InChI is InChI=1S/C29H42N4O2S/c1-27(35)12-13-29(14-16-36-3)19(17-27)6-7-20-21-8-9-23(28(21,2)11-10-22(20)29)25(34)18-33-26-24(31-32-33)5-4-15-30-26/h4-5,15,19-23,35H,6-14,16-18H2,1-3H3/t19-,20+,21+,22+,23-,27-,28+,29-/m1/s1. The Labute approximate surface area is 219 Å². The number of fused-ring (bicyclic) bond motifs is 6. The van der Waals surface area contributed by atoms with Gasteiger partial charge in [-0.05, 0) is 130 Å². The van der Waals surface area contributed by atoms with Gasteiger partial charge in [-0.15, -0.1) is 5.10 Å². The number of pyridine rings is 1. The third-order valence-corrected chi connectivity index (χ3v) is 12.0. The molecule has 7 heteroatoms. The molecule has 6 rings (SSSR count). The van der Waals surface area contributed by atoms with Gasteiger partial charge in [-0.3, -0.25) is 4.79 Å². The van der Waals surface area contributed by atoms with Crippen LogP contribution < -0.4 is 0 Å². The number of carbonyl (C=O) groups excluding carboxylic acids is 1. The lowest BCUT2D eigenvalue weighted by Gasteiger charge is -2.63. The first-order chi connectivity index (χ1) is 17.3. The first-order valence-electron chi connectivity index (χ1n) is 14.2. The highest BCUT2D eigenvalue weighted by molar-refractivity contribution is 7.98. The average molecular weight is 511 g/mol. The van der Waals surface area contributed by atoms with Crippen molar-refractivity contribution in [2.45, 2.75) is 90.2 Å². The van der Waals surface area contributed by atoms with Crippen LogP contribution in [0.15, 0.2) is 18.3 Å². The molecule has 0 spiro atoms. The number of aliphatic hydroxyl groups is 1. The molecular formula is C29H42N4O2S. The van der Waals surface area contributed by atoms with E-state index in [0.717, 1.165) is 43.0 Å². The van der Waals surface area contributed by atoms with Gasteiger partial charge in [0.2, 0.25) is 0 Å². The number of thioether (sulfide) groups is 1. The van der Waals surface area contributed by atoms with E-state index in [1.807, 2.05) is 23.9 Å². The molecule has 2 heterocycles. The van der Waals surface area contributed by atoms with Gasteiger partial charge in [-0.2, -0.15) is 11.8 Å². The van der Waals surface area contributed by atoms with Crippen molar-refractivity contribution in [3.63, 3.8) is 0 Å². The fraction of sp³-hybridized carbons (Fsp3) is 0.793. The van der Waals surface area contributed by atoms with E-state index in [2.05, 4.69) is 35.4 Å². The molecular weight excluding hydrogens is 468 g/mol. The van der Waals surface area contributed by atoms with Crippen LogP contribution in [0.25, 0.3) is 11.2 Å². The molecule has 4 aliphatic carbocycles. The number of Topliss-reactive ketones (excluding diaryl/α,β-unsaturated/α-hetero) is 1. The minimum absolute atomic E-state index is 0.0930. The van der Waals surface area contributed by atoms with Gasteiger partial charge in [0, 0.05) is 12.1 Å². The van der Waals surface area contributed by atoms with Crippen LogP contribution in [0.2, 0.25) is 0 Å². The Kier molecular flexibility index (Phi) is 6.26. The molecule has 4 fully saturated rings. The van der Waals surface area contributed by atoms with Crippen molar-refractivity contribution in [3.8, 4) is 0 Å². The normalized spacial score (nSPS) is 42.1. The van der Waals surface area contributed by atoms with E-state index >= 15 is 0 Å². The van der Waals surface area contributed by atoms with Gasteiger partial charge in [0.05, 0.1) is 5.60 Å². The Balaban J connectivity index is 1.24. The minimum Gasteiger partial charge on any atom is -0.390 e. The summed E-state index contributed by atoms with van der Waals surface area (Å²) in [7, 11) is 0. The highest BCUT2D eigenvalue weighted by atomic mass is 32.2. The van der Waals surface area contributed by atoms with Crippen LogP contribution in [-0.4, -0.2) is 48.5 Å². The number of hydrogen-bond donors (Lipinski definition) is 1. The summed E-state index contributed by atoms with van der Waals surface area (Å²) in [6.45, 7) is 4.79. The SMILES string of the molecule is CSCC[C@]12CC[C@@](C)(O)C[C@H]1CC[C@H]1[C@@H]3CC[C@H](C(=O)Cn4nnc5cccnc54)[C@@]3(C)CC[C@@H]12. The van der Waals surface area contributed by atoms with E-state index < -0.39 is 5.60 Å². The molecule has 2 aromatic heterocycles. The van der Waals surface area contributed by atoms with Crippen molar-refractivity contribution in [2.24, 2.45) is 40.4 Å². The van der Waals surface area contributed by atoms with Crippen molar-refractivity contribution in [1.29, 1.82) is 0 Å². The fourth-order valence-electron chi connectivity index (χ4n) is 9.73. The van der Waals surface area contributed by atoms with Crippen molar-refractivity contribution in [2.75, 3.05) is 12.0 Å². The predicted molar refractivity (Wildman–Crippen MR) is 143 cm³/mol. The summed E-state index contributed by atoms with van der Waals surface area (Å²) in [5, 5.41) is 19.4. The average Bonchev–Trinajstić information content (AvgIpc) is 3.43. The summed E-state index contributed by atoms with van der Waals surface area (Å²) >= 11 is 1.98. The number of carbonyl (C=O) groups is 1. The lowest BCUT2D eigenvalue weighted by molar-refractivity contribution is -0.158. The van der Waals surface area contributed by atoms with Gasteiger partial charge in [0.1, 0.15) is 12.1 Å². The maximum Gasteiger partial charge on any atom is 0.178 e. The summed E-state index contributed by atoms with van der Waals surface area (Å²) in [5.74, 6) is 4.45. The van der Waals surface area contributed by atoms with E-state index in [4.69, 9.17) is 0 Å². The zero-order valence-corrected chi connectivity index (χ0v) is 23.0. The van der Waals surface area contributed by atoms with Crippen LogP contribution in [0, 0.1) is 40.4 Å². The molecule has 4 aliphatic rings. The zero-order valence-electron chi connectivity index (χ0n) is 22.2. The Morgan fingerprint density at radius 2 is 2.00 bits per heavy atom. The summed E-state index contributed by atoms with van der Waals surface area (Å²) in [6.07, 6.45) is 15.6. The molecule has 1 N–H and O–H groups in total. The molecule has 36 heavy (non-hydrogen) atoms. The van der Waals surface area contributed by atoms with Crippen LogP contribution in [0.4, 0.5) is 0 Å². The van der Waals surface area contributed by atoms with Crippen LogP contribution in [0.1, 0.15) is 78.1 Å². The highest BCUT2D eigenvalue weighted by Crippen LogP contribution is 2.69. The molecule has 0 aromatic carbocycles. The number of aromatic nitrogens is 4. The summed E-state index contributed by atoms with van der Waals surface area (Å²) in [4.78, 5) is 18.2. The third-order valence-electron chi connectivity index (χ3n) is 11.4.